The van der Waals surface area contributed by atoms with Gasteiger partial charge in [-0.15, -0.1) is 0 Å². The lowest BCUT2D eigenvalue weighted by atomic mass is 9.86. The molecule has 1 saturated carbocycles. The van der Waals surface area contributed by atoms with Gasteiger partial charge in [0.1, 0.15) is 5.78 Å². The molecule has 150 valence electrons. The zero-order chi connectivity index (χ0) is 19.4. The van der Waals surface area contributed by atoms with Crippen LogP contribution in [0.5, 0.6) is 0 Å². The van der Waals surface area contributed by atoms with Crippen molar-refractivity contribution in [2.75, 3.05) is 7.11 Å². The van der Waals surface area contributed by atoms with E-state index in [1.165, 1.54) is 7.11 Å². The second-order valence-electron chi connectivity index (χ2n) is 7.41. The number of unbranched alkanes of at least 4 members (excludes halogenated alkanes) is 3. The van der Waals surface area contributed by atoms with Crippen LogP contribution in [-0.4, -0.2) is 41.3 Å². The van der Waals surface area contributed by atoms with Gasteiger partial charge in [-0.1, -0.05) is 31.9 Å². The fraction of sp³-hybridized carbons (Fsp3) is 0.810. The first-order valence-electron chi connectivity index (χ1n) is 10.1. The van der Waals surface area contributed by atoms with Crippen LogP contribution in [0, 0.1) is 11.8 Å². The number of ketones is 1. The maximum atomic E-state index is 12.0. The number of methoxy groups -OCH3 is 1. The predicted molar refractivity (Wildman–Crippen MR) is 102 cm³/mol. The second kappa shape index (κ2) is 13.0. The number of esters is 1. The molecule has 5 nitrogen and oxygen atoms in total. The number of rotatable bonds is 13. The number of aliphatic hydroxyl groups is 2. The van der Waals surface area contributed by atoms with Gasteiger partial charge in [0.05, 0.1) is 19.3 Å². The summed E-state index contributed by atoms with van der Waals surface area (Å²) < 4.78 is 4.60. The van der Waals surface area contributed by atoms with Crippen LogP contribution in [0.2, 0.25) is 0 Å². The zero-order valence-electron chi connectivity index (χ0n) is 16.4. The van der Waals surface area contributed by atoms with E-state index in [0.29, 0.717) is 38.5 Å². The van der Waals surface area contributed by atoms with Gasteiger partial charge in [0.15, 0.2) is 0 Å². The molecule has 1 fully saturated rings. The Bertz CT molecular complexity index is 446. The topological polar surface area (TPSA) is 83.8 Å². The summed E-state index contributed by atoms with van der Waals surface area (Å²) in [6.07, 6.45) is 11.0. The molecule has 0 aromatic rings. The van der Waals surface area contributed by atoms with Gasteiger partial charge in [0.25, 0.3) is 0 Å². The fourth-order valence-electron chi connectivity index (χ4n) is 3.77. The van der Waals surface area contributed by atoms with Crippen molar-refractivity contribution in [2.45, 2.75) is 89.8 Å². The molecule has 0 saturated heterocycles. The summed E-state index contributed by atoms with van der Waals surface area (Å²) in [5.41, 5.74) is 0. The molecule has 5 heteroatoms. The molecule has 4 atom stereocenters. The molecule has 0 aliphatic heterocycles. The first-order valence-corrected chi connectivity index (χ1v) is 10.1. The van der Waals surface area contributed by atoms with E-state index in [1.54, 1.807) is 0 Å². The number of ether oxygens (including phenoxy) is 1. The lowest BCUT2D eigenvalue weighted by Crippen LogP contribution is -2.22. The van der Waals surface area contributed by atoms with Gasteiger partial charge < -0.3 is 14.9 Å². The summed E-state index contributed by atoms with van der Waals surface area (Å²) in [7, 11) is 1.39. The van der Waals surface area contributed by atoms with Crippen LogP contribution in [0.15, 0.2) is 12.2 Å². The van der Waals surface area contributed by atoms with E-state index in [1.807, 2.05) is 12.2 Å². The number of carbonyl (C=O) groups excluding carboxylic acids is 2. The molecule has 0 aromatic heterocycles. The minimum Gasteiger partial charge on any atom is -0.469 e. The third-order valence-electron chi connectivity index (χ3n) is 5.39. The molecule has 0 unspecified atom stereocenters. The van der Waals surface area contributed by atoms with Gasteiger partial charge in [-0.25, -0.2) is 0 Å². The molecular weight excluding hydrogens is 332 g/mol. The Morgan fingerprint density at radius 3 is 2.42 bits per heavy atom. The third kappa shape index (κ3) is 8.45. The van der Waals surface area contributed by atoms with E-state index in [2.05, 4.69) is 11.7 Å². The van der Waals surface area contributed by atoms with Crippen molar-refractivity contribution in [3.05, 3.63) is 12.2 Å². The summed E-state index contributed by atoms with van der Waals surface area (Å²) in [6.45, 7) is 2.12. The lowest BCUT2D eigenvalue weighted by molar-refractivity contribution is -0.140. The lowest BCUT2D eigenvalue weighted by Gasteiger charge is -2.22. The average Bonchev–Trinajstić information content (AvgIpc) is 2.89. The SMILES string of the molecule is CCCCCC(=O)CC[C@@H]1[C@@H](CC=CCCCC(=O)OC)[C@@H](O)C[C@H]1O. The monoisotopic (exact) mass is 368 g/mol. The molecule has 0 spiro atoms. The molecule has 0 heterocycles. The molecule has 1 aliphatic rings. The fourth-order valence-corrected chi connectivity index (χ4v) is 3.77. The summed E-state index contributed by atoms with van der Waals surface area (Å²) in [5, 5.41) is 20.5. The Balaban J connectivity index is 2.36. The third-order valence-corrected chi connectivity index (χ3v) is 5.39. The van der Waals surface area contributed by atoms with Crippen LogP contribution in [0.25, 0.3) is 0 Å². The van der Waals surface area contributed by atoms with Crippen LogP contribution in [0.3, 0.4) is 0 Å². The second-order valence-corrected chi connectivity index (χ2v) is 7.41. The van der Waals surface area contributed by atoms with E-state index in [4.69, 9.17) is 0 Å². The van der Waals surface area contributed by atoms with Crippen molar-refractivity contribution in [1.82, 2.24) is 0 Å². The normalized spacial score (nSPS) is 25.7. The van der Waals surface area contributed by atoms with Crippen molar-refractivity contribution >= 4 is 11.8 Å². The summed E-state index contributed by atoms with van der Waals surface area (Å²) >= 11 is 0. The van der Waals surface area contributed by atoms with Gasteiger partial charge in [-0.3, -0.25) is 9.59 Å². The number of hydrogen-bond donors (Lipinski definition) is 2. The molecule has 2 N–H and O–H groups in total. The number of allylic oxidation sites excluding steroid dienone is 2. The smallest absolute Gasteiger partial charge is 0.305 e. The number of hydrogen-bond acceptors (Lipinski definition) is 5. The number of Topliss-reactive ketones (excluding diaryl/α,β-unsaturated/α-hetero) is 1. The first kappa shape index (κ1) is 22.8. The minimum absolute atomic E-state index is 0.00491. The molecule has 0 aromatic carbocycles. The number of carbonyl (C=O) groups is 2. The standard InChI is InChI=1S/C21H36O5/c1-3-4-7-10-16(22)13-14-18-17(19(23)15-20(18)24)11-8-5-6-9-12-21(25)26-2/h5,8,17-20,23-24H,3-4,6-7,9-15H2,1-2H3/t17-,18-,19+,20-/m1/s1. The van der Waals surface area contributed by atoms with Crippen LogP contribution < -0.4 is 0 Å². The van der Waals surface area contributed by atoms with Crippen LogP contribution >= 0.6 is 0 Å². The summed E-state index contributed by atoms with van der Waals surface area (Å²) in [6, 6.07) is 0. The summed E-state index contributed by atoms with van der Waals surface area (Å²) in [5.74, 6) is 0.0608. The highest BCUT2D eigenvalue weighted by atomic mass is 16.5. The maximum absolute atomic E-state index is 12.0. The van der Waals surface area contributed by atoms with Gasteiger partial charge in [-0.05, 0) is 50.4 Å². The molecule has 1 aliphatic carbocycles. The van der Waals surface area contributed by atoms with Gasteiger partial charge in [0.2, 0.25) is 0 Å². The van der Waals surface area contributed by atoms with Crippen LogP contribution in [0.1, 0.15) is 77.6 Å². The molecule has 0 amide bonds. The van der Waals surface area contributed by atoms with E-state index in [-0.39, 0.29) is 23.6 Å². The predicted octanol–water partition coefficient (Wildman–Crippen LogP) is 3.56. The van der Waals surface area contributed by atoms with Crippen molar-refractivity contribution in [3.63, 3.8) is 0 Å². The van der Waals surface area contributed by atoms with Gasteiger partial charge in [-0.2, -0.15) is 0 Å². The highest BCUT2D eigenvalue weighted by Crippen LogP contribution is 2.38. The Morgan fingerprint density at radius 1 is 1.00 bits per heavy atom. The number of aliphatic hydroxyl groups excluding tert-OH is 2. The Hall–Kier alpha value is -1.20. The van der Waals surface area contributed by atoms with Gasteiger partial charge >= 0.3 is 5.97 Å². The van der Waals surface area contributed by atoms with Crippen LogP contribution in [-0.2, 0) is 14.3 Å². The highest BCUT2D eigenvalue weighted by molar-refractivity contribution is 5.78. The Labute approximate surface area is 157 Å². The average molecular weight is 369 g/mol. The summed E-state index contributed by atoms with van der Waals surface area (Å²) in [4.78, 5) is 23.0. The molecule has 0 radical (unpaired) electrons. The quantitative estimate of drug-likeness (QED) is 0.295. The van der Waals surface area contributed by atoms with Crippen molar-refractivity contribution < 1.29 is 24.5 Å². The highest BCUT2D eigenvalue weighted by Gasteiger charge is 2.40. The van der Waals surface area contributed by atoms with Crippen molar-refractivity contribution in [3.8, 4) is 0 Å². The van der Waals surface area contributed by atoms with Gasteiger partial charge in [0, 0.05) is 19.3 Å². The molecule has 0 bridgehead atoms. The van der Waals surface area contributed by atoms with E-state index >= 15 is 0 Å². The van der Waals surface area contributed by atoms with E-state index < -0.39 is 12.2 Å². The Morgan fingerprint density at radius 2 is 1.73 bits per heavy atom. The first-order chi connectivity index (χ1) is 12.5. The van der Waals surface area contributed by atoms with E-state index in [0.717, 1.165) is 32.1 Å². The van der Waals surface area contributed by atoms with Crippen molar-refractivity contribution in [2.24, 2.45) is 11.8 Å². The molecule has 26 heavy (non-hydrogen) atoms. The van der Waals surface area contributed by atoms with E-state index in [9.17, 15) is 19.8 Å². The largest absolute Gasteiger partial charge is 0.469 e. The molecular formula is C21H36O5. The zero-order valence-corrected chi connectivity index (χ0v) is 16.4. The van der Waals surface area contributed by atoms with Crippen molar-refractivity contribution in [1.29, 1.82) is 0 Å². The minimum atomic E-state index is -0.522. The van der Waals surface area contributed by atoms with Crippen LogP contribution in [0.4, 0.5) is 0 Å². The maximum Gasteiger partial charge on any atom is 0.305 e. The molecule has 1 rings (SSSR count). The Kier molecular flexibility index (Phi) is 11.5.